The average Bonchev–Trinajstić information content (AvgIpc) is 3.39. The van der Waals surface area contributed by atoms with Crippen LogP contribution in [0.4, 0.5) is 0 Å². The van der Waals surface area contributed by atoms with Gasteiger partial charge < -0.3 is 28.5 Å². The van der Waals surface area contributed by atoms with Crippen LogP contribution in [0.5, 0.6) is 5.75 Å². The summed E-state index contributed by atoms with van der Waals surface area (Å²) >= 11 is 0. The number of ether oxygens (including phenoxy) is 3. The first kappa shape index (κ1) is 26.2. The normalized spacial score (nSPS) is 14.0. The molecular weight excluding hydrogens is 454 g/mol. The second kappa shape index (κ2) is 12.9. The lowest BCUT2D eigenvalue weighted by atomic mass is 9.97. The summed E-state index contributed by atoms with van der Waals surface area (Å²) in [6.45, 7) is 4.01. The van der Waals surface area contributed by atoms with Gasteiger partial charge in [0.25, 0.3) is 5.91 Å². The molecule has 1 aliphatic heterocycles. The summed E-state index contributed by atoms with van der Waals surface area (Å²) in [7, 11) is 3.13. The van der Waals surface area contributed by atoms with Gasteiger partial charge in [-0.25, -0.2) is 0 Å². The molecule has 0 aliphatic carbocycles. The monoisotopic (exact) mass is 487 g/mol. The van der Waals surface area contributed by atoms with E-state index in [0.29, 0.717) is 57.2 Å². The van der Waals surface area contributed by atoms with Crippen LogP contribution in [0.1, 0.15) is 36.7 Å². The van der Waals surface area contributed by atoms with Crippen molar-refractivity contribution < 1.29 is 33.1 Å². The summed E-state index contributed by atoms with van der Waals surface area (Å²) in [4.78, 5) is 41.1. The van der Waals surface area contributed by atoms with Gasteiger partial charge in [-0.1, -0.05) is 17.3 Å². The van der Waals surface area contributed by atoms with Crippen molar-refractivity contribution in [3.8, 4) is 17.1 Å². The van der Waals surface area contributed by atoms with E-state index in [2.05, 4.69) is 5.16 Å². The molecule has 0 radical (unpaired) electrons. The number of piperidine rings is 1. The summed E-state index contributed by atoms with van der Waals surface area (Å²) in [6, 6.07) is 8.85. The van der Waals surface area contributed by atoms with E-state index in [1.54, 1.807) is 43.1 Å². The third-order valence-electron chi connectivity index (χ3n) is 6.00. The zero-order valence-electron chi connectivity index (χ0n) is 20.5. The van der Waals surface area contributed by atoms with Crippen LogP contribution in [0, 0.1) is 5.92 Å². The molecule has 2 amide bonds. The predicted molar refractivity (Wildman–Crippen MR) is 127 cm³/mol. The largest absolute Gasteiger partial charge is 0.497 e. The van der Waals surface area contributed by atoms with E-state index >= 15 is 0 Å². The topological polar surface area (TPSA) is 111 Å². The Hall–Kier alpha value is -3.40. The Morgan fingerprint density at radius 3 is 2.60 bits per heavy atom. The van der Waals surface area contributed by atoms with Crippen LogP contribution in [-0.4, -0.2) is 86.4 Å². The summed E-state index contributed by atoms with van der Waals surface area (Å²) < 4.78 is 20.9. The Bertz CT molecular complexity index is 998. The molecular formula is C25H33N3O7. The van der Waals surface area contributed by atoms with Crippen LogP contribution in [0.2, 0.25) is 0 Å². The Kier molecular flexibility index (Phi) is 9.66. The molecule has 0 atom stereocenters. The number of likely N-dealkylation sites (tertiary alicyclic amines) is 1. The van der Waals surface area contributed by atoms with Crippen molar-refractivity contribution >= 4 is 17.8 Å². The van der Waals surface area contributed by atoms with E-state index in [1.807, 2.05) is 18.2 Å². The van der Waals surface area contributed by atoms with Crippen LogP contribution >= 0.6 is 0 Å². The number of aromatic nitrogens is 1. The number of esters is 1. The molecule has 0 spiro atoms. The Morgan fingerprint density at radius 2 is 1.91 bits per heavy atom. The number of benzene rings is 1. The van der Waals surface area contributed by atoms with Crippen molar-refractivity contribution in [1.29, 1.82) is 0 Å². The molecule has 35 heavy (non-hydrogen) atoms. The highest BCUT2D eigenvalue weighted by atomic mass is 16.5. The SMILES string of the molecule is CCOC(=O)C1CCN(C(=O)CCN(CCOC)C(=O)c2cc(-c3cccc(OC)c3)on2)CC1. The summed E-state index contributed by atoms with van der Waals surface area (Å²) in [5.74, 6) is 0.355. The van der Waals surface area contributed by atoms with Crippen molar-refractivity contribution in [1.82, 2.24) is 15.0 Å². The number of hydrogen-bond donors (Lipinski definition) is 0. The molecule has 2 heterocycles. The van der Waals surface area contributed by atoms with Crippen molar-refractivity contribution in [2.24, 2.45) is 5.92 Å². The molecule has 0 saturated carbocycles. The Balaban J connectivity index is 1.59. The maximum atomic E-state index is 13.1. The third-order valence-corrected chi connectivity index (χ3v) is 6.00. The van der Waals surface area contributed by atoms with Crippen molar-refractivity contribution in [2.45, 2.75) is 26.2 Å². The van der Waals surface area contributed by atoms with E-state index in [4.69, 9.17) is 18.7 Å². The molecule has 3 rings (SSSR count). The zero-order chi connectivity index (χ0) is 25.2. The second-order valence-electron chi connectivity index (χ2n) is 8.25. The number of carbonyl (C=O) groups excluding carboxylic acids is 3. The minimum Gasteiger partial charge on any atom is -0.497 e. The fraction of sp³-hybridized carbons (Fsp3) is 0.520. The molecule has 190 valence electrons. The first-order valence-electron chi connectivity index (χ1n) is 11.8. The van der Waals surface area contributed by atoms with E-state index < -0.39 is 0 Å². The number of carbonyl (C=O) groups is 3. The molecule has 0 bridgehead atoms. The van der Waals surface area contributed by atoms with Crippen LogP contribution in [0.25, 0.3) is 11.3 Å². The van der Waals surface area contributed by atoms with E-state index in [9.17, 15) is 14.4 Å². The van der Waals surface area contributed by atoms with Gasteiger partial charge in [-0.3, -0.25) is 14.4 Å². The zero-order valence-corrected chi connectivity index (χ0v) is 20.5. The third kappa shape index (κ3) is 7.05. The molecule has 1 aromatic heterocycles. The van der Waals surface area contributed by atoms with E-state index in [1.165, 1.54) is 0 Å². The average molecular weight is 488 g/mol. The lowest BCUT2D eigenvalue weighted by molar-refractivity contribution is -0.151. The summed E-state index contributed by atoms with van der Waals surface area (Å²) in [6.07, 6.45) is 1.34. The second-order valence-corrected chi connectivity index (χ2v) is 8.25. The van der Waals surface area contributed by atoms with E-state index in [0.717, 1.165) is 5.56 Å². The van der Waals surface area contributed by atoms with Crippen molar-refractivity contribution in [3.63, 3.8) is 0 Å². The van der Waals surface area contributed by atoms with Crippen LogP contribution in [-0.2, 0) is 19.1 Å². The van der Waals surface area contributed by atoms with Gasteiger partial charge >= 0.3 is 5.97 Å². The van der Waals surface area contributed by atoms with Gasteiger partial charge in [0.05, 0.1) is 26.2 Å². The molecule has 10 heteroatoms. The summed E-state index contributed by atoms with van der Waals surface area (Å²) in [5, 5.41) is 3.95. The number of rotatable bonds is 11. The van der Waals surface area contributed by atoms with Gasteiger partial charge in [-0.15, -0.1) is 0 Å². The smallest absolute Gasteiger partial charge is 0.309 e. The maximum Gasteiger partial charge on any atom is 0.309 e. The van der Waals surface area contributed by atoms with Crippen molar-refractivity contribution in [2.75, 3.05) is 53.6 Å². The van der Waals surface area contributed by atoms with Gasteiger partial charge in [0.15, 0.2) is 11.5 Å². The minimum atomic E-state index is -0.339. The van der Waals surface area contributed by atoms with Crippen LogP contribution in [0.15, 0.2) is 34.9 Å². The number of nitrogens with zero attached hydrogens (tertiary/aromatic N) is 3. The van der Waals surface area contributed by atoms with Crippen molar-refractivity contribution in [3.05, 3.63) is 36.0 Å². The molecule has 1 aromatic carbocycles. The van der Waals surface area contributed by atoms with Gasteiger partial charge in [0.2, 0.25) is 5.91 Å². The fourth-order valence-corrected chi connectivity index (χ4v) is 3.98. The van der Waals surface area contributed by atoms with Gasteiger partial charge in [0.1, 0.15) is 5.75 Å². The summed E-state index contributed by atoms with van der Waals surface area (Å²) in [5.41, 5.74) is 0.891. The molecule has 1 fully saturated rings. The fourth-order valence-electron chi connectivity index (χ4n) is 3.98. The standard InChI is InChI=1S/C25H33N3O7/c1-4-34-25(31)18-8-11-27(12-9-18)23(29)10-13-28(14-15-32-2)24(30)21-17-22(35-26-21)19-6-5-7-20(16-19)33-3/h5-7,16-18H,4,8-15H2,1-3H3. The van der Waals surface area contributed by atoms with Crippen LogP contribution < -0.4 is 4.74 Å². The molecule has 0 unspecified atom stereocenters. The van der Waals surface area contributed by atoms with E-state index in [-0.39, 0.29) is 42.4 Å². The quantitative estimate of drug-likeness (QED) is 0.445. The number of hydrogen-bond acceptors (Lipinski definition) is 8. The molecule has 1 saturated heterocycles. The highest BCUT2D eigenvalue weighted by Crippen LogP contribution is 2.25. The molecule has 10 nitrogen and oxygen atoms in total. The predicted octanol–water partition coefficient (Wildman–Crippen LogP) is 2.63. The Morgan fingerprint density at radius 1 is 1.14 bits per heavy atom. The van der Waals surface area contributed by atoms with Gasteiger partial charge in [0, 0.05) is 51.3 Å². The minimum absolute atomic E-state index is 0.0558. The van der Waals surface area contributed by atoms with Gasteiger partial charge in [-0.05, 0) is 31.9 Å². The highest BCUT2D eigenvalue weighted by Gasteiger charge is 2.29. The highest BCUT2D eigenvalue weighted by molar-refractivity contribution is 5.93. The first-order chi connectivity index (χ1) is 17.0. The van der Waals surface area contributed by atoms with Gasteiger partial charge in [-0.2, -0.15) is 0 Å². The van der Waals surface area contributed by atoms with Crippen LogP contribution in [0.3, 0.4) is 0 Å². The lowest BCUT2D eigenvalue weighted by Crippen LogP contribution is -2.43. The first-order valence-corrected chi connectivity index (χ1v) is 11.8. The number of methoxy groups -OCH3 is 2. The molecule has 2 aromatic rings. The number of amides is 2. The Labute approximate surface area is 205 Å². The lowest BCUT2D eigenvalue weighted by Gasteiger charge is -2.31. The molecule has 0 N–H and O–H groups in total. The molecule has 1 aliphatic rings. The maximum absolute atomic E-state index is 13.1.